The van der Waals surface area contributed by atoms with Gasteiger partial charge in [0.15, 0.2) is 5.54 Å². The van der Waals surface area contributed by atoms with E-state index < -0.39 is 5.54 Å². The van der Waals surface area contributed by atoms with Crippen LogP contribution in [0.1, 0.15) is 18.4 Å². The molecule has 5 rings (SSSR count). The Morgan fingerprint density at radius 2 is 1.76 bits per heavy atom. The fraction of sp³-hybridized carbons (Fsp3) is 0.174. The van der Waals surface area contributed by atoms with Gasteiger partial charge in [-0.15, -0.1) is 0 Å². The van der Waals surface area contributed by atoms with E-state index in [2.05, 4.69) is 4.98 Å². The van der Waals surface area contributed by atoms with Crippen LogP contribution in [0, 0.1) is 5.92 Å². The second kappa shape index (κ2) is 6.71. The number of aliphatic imine (C=N–C) groups is 1. The van der Waals surface area contributed by atoms with E-state index in [4.69, 9.17) is 22.3 Å². The maximum atomic E-state index is 13.7. The molecule has 0 saturated heterocycles. The lowest BCUT2D eigenvalue weighted by atomic mass is 9.83. The average Bonchev–Trinajstić information content (AvgIpc) is 3.55. The second-order valence-electron chi connectivity index (χ2n) is 7.43. The van der Waals surface area contributed by atoms with Gasteiger partial charge in [0.25, 0.3) is 5.91 Å². The Balaban J connectivity index is 1.62. The van der Waals surface area contributed by atoms with Crippen LogP contribution in [-0.4, -0.2) is 16.9 Å². The number of hydrogen-bond acceptors (Lipinski definition) is 4. The van der Waals surface area contributed by atoms with Crippen LogP contribution in [0.2, 0.25) is 5.02 Å². The summed E-state index contributed by atoms with van der Waals surface area (Å²) in [6.07, 6.45) is 3.53. The zero-order valence-electron chi connectivity index (χ0n) is 15.6. The molecule has 1 fully saturated rings. The minimum Gasteiger partial charge on any atom is -0.369 e. The summed E-state index contributed by atoms with van der Waals surface area (Å²) in [4.78, 5) is 24.2. The second-order valence-corrected chi connectivity index (χ2v) is 7.87. The Bertz CT molecular complexity index is 1130. The summed E-state index contributed by atoms with van der Waals surface area (Å²) >= 11 is 6.17. The van der Waals surface area contributed by atoms with E-state index in [0.717, 1.165) is 29.5 Å². The van der Waals surface area contributed by atoms with Gasteiger partial charge < -0.3 is 5.73 Å². The number of rotatable bonds is 4. The molecule has 3 aromatic rings. The standard InChI is InChI=1S/C23H19ClN4O/c24-19-8-4-6-16(14-19)15-5-3-7-18(13-15)23(17-10-11-17)21(29)28(22(25)27-23)20-9-1-2-12-26-20/h1-9,12-14,17H,10-11H2,(H2,25,27). The number of pyridine rings is 1. The Kier molecular flexibility index (Phi) is 4.14. The van der Waals surface area contributed by atoms with Crippen LogP contribution in [0.5, 0.6) is 0 Å². The molecule has 1 unspecified atom stereocenters. The molecule has 0 bridgehead atoms. The molecule has 0 radical (unpaired) electrons. The number of benzene rings is 2. The van der Waals surface area contributed by atoms with Crippen LogP contribution in [0.15, 0.2) is 77.9 Å². The van der Waals surface area contributed by atoms with E-state index in [1.54, 1.807) is 18.3 Å². The van der Waals surface area contributed by atoms with Gasteiger partial charge >= 0.3 is 0 Å². The number of halogens is 1. The topological polar surface area (TPSA) is 71.6 Å². The highest BCUT2D eigenvalue weighted by Crippen LogP contribution is 2.52. The van der Waals surface area contributed by atoms with E-state index in [1.165, 1.54) is 4.90 Å². The number of carbonyl (C=O) groups is 1. The smallest absolute Gasteiger partial charge is 0.268 e. The highest BCUT2D eigenvalue weighted by atomic mass is 35.5. The zero-order chi connectivity index (χ0) is 20.0. The fourth-order valence-corrected chi connectivity index (χ4v) is 4.25. The van der Waals surface area contributed by atoms with Crippen LogP contribution in [0.4, 0.5) is 5.82 Å². The lowest BCUT2D eigenvalue weighted by Gasteiger charge is -2.26. The van der Waals surface area contributed by atoms with Crippen molar-refractivity contribution < 1.29 is 4.79 Å². The van der Waals surface area contributed by atoms with Gasteiger partial charge in [-0.05, 0) is 65.8 Å². The molecule has 6 heteroatoms. The molecule has 1 aliphatic heterocycles. The first-order chi connectivity index (χ1) is 14.1. The SMILES string of the molecule is NC1=NC(c2cccc(-c3cccc(Cl)c3)c2)(C2CC2)C(=O)N1c1ccccn1. The third kappa shape index (κ3) is 2.89. The molecule has 0 spiro atoms. The molecule has 2 N–H and O–H groups in total. The molecule has 2 aromatic carbocycles. The predicted octanol–water partition coefficient (Wildman–Crippen LogP) is 4.37. The number of carbonyl (C=O) groups excluding carboxylic acids is 1. The third-order valence-electron chi connectivity index (χ3n) is 5.56. The van der Waals surface area contributed by atoms with Crippen molar-refractivity contribution in [1.29, 1.82) is 0 Å². The van der Waals surface area contributed by atoms with Crippen molar-refractivity contribution in [2.24, 2.45) is 16.6 Å². The Morgan fingerprint density at radius 3 is 2.45 bits per heavy atom. The minimum absolute atomic E-state index is 0.136. The van der Waals surface area contributed by atoms with Crippen molar-refractivity contribution in [3.05, 3.63) is 83.5 Å². The van der Waals surface area contributed by atoms with Crippen LogP contribution in [-0.2, 0) is 10.3 Å². The quantitative estimate of drug-likeness (QED) is 0.704. The maximum absolute atomic E-state index is 13.7. The average molecular weight is 403 g/mol. The first-order valence-electron chi connectivity index (χ1n) is 9.57. The molecule has 29 heavy (non-hydrogen) atoms. The van der Waals surface area contributed by atoms with Crippen LogP contribution >= 0.6 is 11.6 Å². The zero-order valence-corrected chi connectivity index (χ0v) is 16.4. The maximum Gasteiger partial charge on any atom is 0.268 e. The van der Waals surface area contributed by atoms with Crippen molar-refractivity contribution in [2.45, 2.75) is 18.4 Å². The number of nitrogens with two attached hydrogens (primary N) is 1. The van der Waals surface area contributed by atoms with Gasteiger partial charge in [0.2, 0.25) is 5.96 Å². The van der Waals surface area contributed by atoms with E-state index in [-0.39, 0.29) is 17.8 Å². The van der Waals surface area contributed by atoms with Gasteiger partial charge in [-0.25, -0.2) is 14.9 Å². The van der Waals surface area contributed by atoms with Crippen LogP contribution in [0.3, 0.4) is 0 Å². The number of hydrogen-bond donors (Lipinski definition) is 1. The van der Waals surface area contributed by atoms with Gasteiger partial charge in [-0.1, -0.05) is 48.0 Å². The molecule has 2 heterocycles. The van der Waals surface area contributed by atoms with E-state index in [0.29, 0.717) is 10.8 Å². The van der Waals surface area contributed by atoms with Crippen LogP contribution < -0.4 is 10.6 Å². The molecule has 1 amide bonds. The predicted molar refractivity (Wildman–Crippen MR) is 115 cm³/mol. The van der Waals surface area contributed by atoms with Gasteiger partial charge in [0.05, 0.1) is 0 Å². The largest absolute Gasteiger partial charge is 0.369 e. The van der Waals surface area contributed by atoms with Gasteiger partial charge in [0, 0.05) is 11.2 Å². The summed E-state index contributed by atoms with van der Waals surface area (Å²) < 4.78 is 0. The molecule has 1 aliphatic carbocycles. The number of nitrogens with zero attached hydrogens (tertiary/aromatic N) is 3. The molecular weight excluding hydrogens is 384 g/mol. The normalized spacial score (nSPS) is 21.3. The van der Waals surface area contributed by atoms with E-state index in [1.807, 2.05) is 54.6 Å². The van der Waals surface area contributed by atoms with Gasteiger partial charge in [-0.2, -0.15) is 0 Å². The summed E-state index contributed by atoms with van der Waals surface area (Å²) in [7, 11) is 0. The summed E-state index contributed by atoms with van der Waals surface area (Å²) in [6.45, 7) is 0. The first-order valence-corrected chi connectivity index (χ1v) is 9.95. The van der Waals surface area contributed by atoms with Crippen molar-refractivity contribution >= 4 is 29.3 Å². The molecule has 2 aliphatic rings. The Morgan fingerprint density at radius 1 is 1.00 bits per heavy atom. The van der Waals surface area contributed by atoms with Crippen LogP contribution in [0.25, 0.3) is 11.1 Å². The van der Waals surface area contributed by atoms with Crippen molar-refractivity contribution in [1.82, 2.24) is 4.98 Å². The van der Waals surface area contributed by atoms with Crippen molar-refractivity contribution in [2.75, 3.05) is 4.90 Å². The van der Waals surface area contributed by atoms with Gasteiger partial charge in [-0.3, -0.25) is 4.79 Å². The highest BCUT2D eigenvalue weighted by Gasteiger charge is 2.58. The van der Waals surface area contributed by atoms with Gasteiger partial charge in [0.1, 0.15) is 5.82 Å². The number of aromatic nitrogens is 1. The summed E-state index contributed by atoms with van der Waals surface area (Å²) in [6, 6.07) is 21.0. The molecule has 1 atom stereocenters. The molecule has 1 aromatic heterocycles. The monoisotopic (exact) mass is 402 g/mol. The Labute approximate surface area is 173 Å². The number of anilines is 1. The molecule has 5 nitrogen and oxygen atoms in total. The minimum atomic E-state index is -1.00. The molecule has 1 saturated carbocycles. The first kappa shape index (κ1) is 17.9. The number of amides is 1. The van der Waals surface area contributed by atoms with E-state index >= 15 is 0 Å². The van der Waals surface area contributed by atoms with Crippen molar-refractivity contribution in [3.63, 3.8) is 0 Å². The Hall–Kier alpha value is -3.18. The lowest BCUT2D eigenvalue weighted by molar-refractivity contribution is -0.122. The highest BCUT2D eigenvalue weighted by molar-refractivity contribution is 6.30. The van der Waals surface area contributed by atoms with Crippen molar-refractivity contribution in [3.8, 4) is 11.1 Å². The fourth-order valence-electron chi connectivity index (χ4n) is 4.06. The lowest BCUT2D eigenvalue weighted by Crippen LogP contribution is -2.44. The van der Waals surface area contributed by atoms with E-state index in [9.17, 15) is 4.79 Å². The molecular formula is C23H19ClN4O. The molecule has 144 valence electrons. The third-order valence-corrected chi connectivity index (χ3v) is 5.79. The number of guanidine groups is 1. The summed E-state index contributed by atoms with van der Waals surface area (Å²) in [5.41, 5.74) is 8.08. The summed E-state index contributed by atoms with van der Waals surface area (Å²) in [5, 5.41) is 0.672. The summed E-state index contributed by atoms with van der Waals surface area (Å²) in [5.74, 6) is 0.678.